The first-order chi connectivity index (χ1) is 20.5. The molecule has 224 valence electrons. The van der Waals surface area contributed by atoms with Gasteiger partial charge in [0.1, 0.15) is 12.6 Å². The molecule has 0 radical (unpaired) electrons. The lowest BCUT2D eigenvalue weighted by molar-refractivity contribution is -0.139. The van der Waals surface area contributed by atoms with Gasteiger partial charge in [0.25, 0.3) is 10.0 Å². The highest BCUT2D eigenvalue weighted by molar-refractivity contribution is 7.92. The smallest absolute Gasteiger partial charge is 0.264 e. The molecule has 0 saturated carbocycles. The second-order valence-electron chi connectivity index (χ2n) is 9.50. The third kappa shape index (κ3) is 8.02. The summed E-state index contributed by atoms with van der Waals surface area (Å²) >= 11 is 25.3. The van der Waals surface area contributed by atoms with Gasteiger partial charge in [-0.2, -0.15) is 0 Å². The van der Waals surface area contributed by atoms with Crippen molar-refractivity contribution in [1.29, 1.82) is 0 Å². The standard InChI is InChI=1S/C31H27Cl4N3O4S/c1-36-31(40)29(16-21-8-4-2-5-9-21)37(19-22-12-13-23(32)17-27(22)35)30(39)20-38(28-18-24(33)14-15-26(28)34)43(41,42)25-10-6-3-7-11-25/h2-15,17-18,29H,16,19-20H2,1H3,(H,36,40)/t29-/m0/s1. The molecule has 0 unspecified atom stereocenters. The minimum absolute atomic E-state index is 0.00963. The van der Waals surface area contributed by atoms with Crippen molar-refractivity contribution in [3.05, 3.63) is 128 Å². The van der Waals surface area contributed by atoms with Crippen LogP contribution in [0, 0.1) is 0 Å². The summed E-state index contributed by atoms with van der Waals surface area (Å²) in [6.45, 7) is -0.799. The predicted octanol–water partition coefficient (Wildman–Crippen LogP) is 6.88. The van der Waals surface area contributed by atoms with Gasteiger partial charge in [-0.15, -0.1) is 0 Å². The summed E-state index contributed by atoms with van der Waals surface area (Å²) in [5.41, 5.74) is 1.32. The summed E-state index contributed by atoms with van der Waals surface area (Å²) < 4.78 is 28.9. The Morgan fingerprint density at radius 1 is 0.791 bits per heavy atom. The predicted molar refractivity (Wildman–Crippen MR) is 172 cm³/mol. The lowest BCUT2D eigenvalue weighted by atomic mass is 10.0. The van der Waals surface area contributed by atoms with Gasteiger partial charge < -0.3 is 10.2 Å². The Hall–Kier alpha value is -3.27. The van der Waals surface area contributed by atoms with Crippen molar-refractivity contribution >= 4 is 73.9 Å². The fraction of sp³-hybridized carbons (Fsp3) is 0.161. The first-order valence-corrected chi connectivity index (χ1v) is 16.0. The number of halogens is 4. The van der Waals surface area contributed by atoms with Crippen molar-refractivity contribution in [1.82, 2.24) is 10.2 Å². The van der Waals surface area contributed by atoms with Crippen molar-refractivity contribution < 1.29 is 18.0 Å². The van der Waals surface area contributed by atoms with E-state index >= 15 is 0 Å². The molecule has 43 heavy (non-hydrogen) atoms. The molecule has 0 aliphatic heterocycles. The van der Waals surface area contributed by atoms with Crippen molar-refractivity contribution in [2.24, 2.45) is 0 Å². The summed E-state index contributed by atoms with van der Waals surface area (Å²) in [6, 6.07) is 24.9. The normalized spacial score (nSPS) is 11.9. The Bertz CT molecular complexity index is 1710. The maximum Gasteiger partial charge on any atom is 0.264 e. The fourth-order valence-electron chi connectivity index (χ4n) is 4.46. The number of carbonyl (C=O) groups excluding carboxylic acids is 2. The molecule has 0 aromatic heterocycles. The summed E-state index contributed by atoms with van der Waals surface area (Å²) in [6.07, 6.45) is 0.154. The van der Waals surface area contributed by atoms with Crippen LogP contribution >= 0.6 is 46.4 Å². The highest BCUT2D eigenvalue weighted by atomic mass is 35.5. The van der Waals surface area contributed by atoms with Crippen molar-refractivity contribution in [3.63, 3.8) is 0 Å². The number of benzene rings is 4. The first-order valence-electron chi connectivity index (χ1n) is 13.0. The van der Waals surface area contributed by atoms with Crippen LogP contribution in [0.15, 0.2) is 102 Å². The number of hydrogen-bond donors (Lipinski definition) is 1. The number of anilines is 1. The lowest BCUT2D eigenvalue weighted by Gasteiger charge is -2.34. The molecule has 2 amide bonds. The number of likely N-dealkylation sites (N-methyl/N-ethyl adjacent to an activating group) is 1. The zero-order valence-electron chi connectivity index (χ0n) is 22.9. The number of nitrogens with one attached hydrogen (secondary N) is 1. The molecule has 7 nitrogen and oxygen atoms in total. The van der Waals surface area contributed by atoms with E-state index in [1.54, 1.807) is 30.3 Å². The van der Waals surface area contributed by atoms with Crippen LogP contribution in [0.25, 0.3) is 0 Å². The van der Waals surface area contributed by atoms with Gasteiger partial charge in [0, 0.05) is 35.1 Å². The molecule has 4 rings (SSSR count). The molecule has 0 aliphatic carbocycles. The summed E-state index contributed by atoms with van der Waals surface area (Å²) in [5.74, 6) is -1.12. The van der Waals surface area contributed by atoms with E-state index in [1.807, 2.05) is 30.3 Å². The number of hydrogen-bond acceptors (Lipinski definition) is 4. The van der Waals surface area contributed by atoms with Crippen molar-refractivity contribution in [2.75, 3.05) is 17.9 Å². The largest absolute Gasteiger partial charge is 0.357 e. The van der Waals surface area contributed by atoms with Gasteiger partial charge in [0.15, 0.2) is 0 Å². The Balaban J connectivity index is 1.83. The van der Waals surface area contributed by atoms with E-state index in [-0.39, 0.29) is 38.6 Å². The fourth-order valence-corrected chi connectivity index (χ4v) is 6.81. The lowest BCUT2D eigenvalue weighted by Crippen LogP contribution is -2.53. The van der Waals surface area contributed by atoms with E-state index in [1.165, 1.54) is 48.3 Å². The highest BCUT2D eigenvalue weighted by Crippen LogP contribution is 2.33. The Kier molecular flexibility index (Phi) is 11.0. The Labute approximate surface area is 271 Å². The third-order valence-corrected chi connectivity index (χ3v) is 9.58. The minimum Gasteiger partial charge on any atom is -0.357 e. The van der Waals surface area contributed by atoms with E-state index in [0.29, 0.717) is 10.6 Å². The van der Waals surface area contributed by atoms with Gasteiger partial charge in [-0.25, -0.2) is 8.42 Å². The third-order valence-electron chi connectivity index (χ3n) is 6.66. The number of carbonyl (C=O) groups is 2. The van der Waals surface area contributed by atoms with Gasteiger partial charge in [0.2, 0.25) is 11.8 Å². The van der Waals surface area contributed by atoms with Gasteiger partial charge in [-0.1, -0.05) is 101 Å². The Morgan fingerprint density at radius 2 is 1.40 bits per heavy atom. The van der Waals surface area contributed by atoms with Crippen LogP contribution < -0.4 is 9.62 Å². The minimum atomic E-state index is -4.32. The number of amides is 2. The van der Waals surface area contributed by atoms with E-state index in [2.05, 4.69) is 5.32 Å². The van der Waals surface area contributed by atoms with Gasteiger partial charge in [-0.05, 0) is 53.6 Å². The van der Waals surface area contributed by atoms with E-state index in [9.17, 15) is 18.0 Å². The molecule has 4 aromatic rings. The van der Waals surface area contributed by atoms with Crippen LogP contribution in [0.4, 0.5) is 5.69 Å². The van der Waals surface area contributed by atoms with Crippen LogP contribution in [0.1, 0.15) is 11.1 Å². The van der Waals surface area contributed by atoms with Crippen LogP contribution in [-0.2, 0) is 32.6 Å². The molecule has 12 heteroatoms. The van der Waals surface area contributed by atoms with Gasteiger partial charge in [-0.3, -0.25) is 13.9 Å². The summed E-state index contributed by atoms with van der Waals surface area (Å²) in [4.78, 5) is 28.9. The molecule has 0 saturated heterocycles. The molecular formula is C31H27Cl4N3O4S. The van der Waals surface area contributed by atoms with Crippen LogP contribution in [-0.4, -0.2) is 44.8 Å². The van der Waals surface area contributed by atoms with E-state index in [0.717, 1.165) is 9.87 Å². The quantitative estimate of drug-likeness (QED) is 0.187. The Morgan fingerprint density at radius 3 is 2.02 bits per heavy atom. The van der Waals surface area contributed by atoms with Gasteiger partial charge >= 0.3 is 0 Å². The van der Waals surface area contributed by atoms with E-state index in [4.69, 9.17) is 46.4 Å². The number of nitrogens with zero attached hydrogens (tertiary/aromatic N) is 2. The van der Waals surface area contributed by atoms with Crippen molar-refractivity contribution in [2.45, 2.75) is 23.9 Å². The molecule has 0 heterocycles. The zero-order chi connectivity index (χ0) is 31.1. The van der Waals surface area contributed by atoms with E-state index < -0.39 is 34.4 Å². The van der Waals surface area contributed by atoms with Crippen LogP contribution in [0.5, 0.6) is 0 Å². The average Bonchev–Trinajstić information content (AvgIpc) is 3.00. The number of sulfonamides is 1. The molecule has 4 aromatic carbocycles. The monoisotopic (exact) mass is 677 g/mol. The highest BCUT2D eigenvalue weighted by Gasteiger charge is 2.35. The molecule has 0 bridgehead atoms. The van der Waals surface area contributed by atoms with Crippen molar-refractivity contribution in [3.8, 4) is 0 Å². The topological polar surface area (TPSA) is 86.8 Å². The zero-order valence-corrected chi connectivity index (χ0v) is 26.7. The second kappa shape index (κ2) is 14.5. The molecule has 1 atom stereocenters. The molecule has 1 N–H and O–H groups in total. The SMILES string of the molecule is CNC(=O)[C@H](Cc1ccccc1)N(Cc1ccc(Cl)cc1Cl)C(=O)CN(c1cc(Cl)ccc1Cl)S(=O)(=O)c1ccccc1. The average molecular weight is 679 g/mol. The molecule has 0 spiro atoms. The molecule has 0 aliphatic rings. The van der Waals surface area contributed by atoms with Crippen LogP contribution in [0.3, 0.4) is 0 Å². The first kappa shape index (κ1) is 32.6. The van der Waals surface area contributed by atoms with Crippen LogP contribution in [0.2, 0.25) is 20.1 Å². The molecule has 0 fully saturated rings. The second-order valence-corrected chi connectivity index (χ2v) is 13.0. The summed E-state index contributed by atoms with van der Waals surface area (Å²) in [5, 5.41) is 3.60. The number of rotatable bonds is 11. The molecular weight excluding hydrogens is 652 g/mol. The van der Waals surface area contributed by atoms with Gasteiger partial charge in [0.05, 0.1) is 15.6 Å². The maximum absolute atomic E-state index is 14.3. The summed E-state index contributed by atoms with van der Waals surface area (Å²) in [7, 11) is -2.85. The maximum atomic E-state index is 14.3.